The number of hydrogen-bond acceptors (Lipinski definition) is 11. The summed E-state index contributed by atoms with van der Waals surface area (Å²) >= 11 is 2.14. The fourth-order valence-corrected chi connectivity index (χ4v) is 5.43. The van der Waals surface area contributed by atoms with Crippen molar-refractivity contribution in [2.75, 3.05) is 23.4 Å². The highest BCUT2D eigenvalue weighted by atomic mass is 32.2. The number of oxime groups is 1. The SMILES string of the molecule is C#CCON=C(C(=O)NC1C(=O)N2C(C(=O)O)=C(C[n+]3cccc(NC=O)c3)CS[C@H]12)c1nsc(N)n1. The van der Waals surface area contributed by atoms with Gasteiger partial charge in [-0.3, -0.25) is 19.3 Å². The monoisotopic (exact) mass is 543 g/mol. The summed E-state index contributed by atoms with van der Waals surface area (Å²) in [7, 11) is 0. The number of pyridine rings is 1. The molecule has 0 aliphatic carbocycles. The summed E-state index contributed by atoms with van der Waals surface area (Å²) < 4.78 is 5.64. The maximum atomic E-state index is 13.0. The second kappa shape index (κ2) is 11.1. The third-order valence-electron chi connectivity index (χ3n) is 5.17. The van der Waals surface area contributed by atoms with Gasteiger partial charge in [0.1, 0.15) is 22.8 Å². The van der Waals surface area contributed by atoms with Crippen LogP contribution >= 0.6 is 23.3 Å². The Morgan fingerprint density at radius 3 is 2.97 bits per heavy atom. The molecule has 0 bridgehead atoms. The number of β-lactam (4-membered cyclic amide) rings is 1. The number of carboxylic acid groups (broad SMARTS) is 1. The molecule has 1 unspecified atom stereocenters. The second-order valence-corrected chi connectivity index (χ2v) is 9.41. The van der Waals surface area contributed by atoms with E-state index in [2.05, 4.69) is 31.1 Å². The number of nitrogens with one attached hydrogen (secondary N) is 2. The lowest BCUT2D eigenvalue weighted by molar-refractivity contribution is -0.688. The standard InChI is InChI=1S/C21H18N8O6S2/c1-2-6-35-26-13(16-25-21(22)37-27-16)17(31)24-14-18(32)29-15(20(33)34)11(9-36-19(14)29)7-28-5-3-4-12(8-28)23-10-30/h1,3-5,8,10,14,19H,6-7,9H2,(H4-,22,23,24,25,27,30,31,33,34)/p+1/t14?,19-/m1/s1. The molecule has 5 N–H and O–H groups in total. The van der Waals surface area contributed by atoms with E-state index in [-0.39, 0.29) is 41.3 Å². The Hall–Kier alpha value is -4.49. The fourth-order valence-electron chi connectivity index (χ4n) is 3.66. The maximum Gasteiger partial charge on any atom is 0.352 e. The van der Waals surface area contributed by atoms with E-state index in [0.29, 0.717) is 17.7 Å². The first-order chi connectivity index (χ1) is 17.8. The zero-order valence-corrected chi connectivity index (χ0v) is 20.5. The average Bonchev–Trinajstić information content (AvgIpc) is 3.30. The molecular weight excluding hydrogens is 524 g/mol. The van der Waals surface area contributed by atoms with Crippen LogP contribution in [-0.4, -0.2) is 73.0 Å². The molecule has 14 nitrogen and oxygen atoms in total. The number of nitrogen functional groups attached to an aromatic ring is 1. The fraction of sp³-hybridized carbons (Fsp3) is 0.238. The van der Waals surface area contributed by atoms with Gasteiger partial charge in [0, 0.05) is 28.9 Å². The molecule has 190 valence electrons. The van der Waals surface area contributed by atoms with Crippen molar-refractivity contribution in [1.82, 2.24) is 19.6 Å². The summed E-state index contributed by atoms with van der Waals surface area (Å²) in [5.41, 5.74) is 6.13. The van der Waals surface area contributed by atoms with Crippen LogP contribution in [0.4, 0.5) is 10.8 Å². The molecule has 0 spiro atoms. The van der Waals surface area contributed by atoms with Gasteiger partial charge in [0.2, 0.25) is 17.9 Å². The number of nitrogens with two attached hydrogens (primary N) is 1. The van der Waals surface area contributed by atoms with Gasteiger partial charge in [0.25, 0.3) is 11.8 Å². The van der Waals surface area contributed by atoms with Gasteiger partial charge < -0.3 is 26.3 Å². The summed E-state index contributed by atoms with van der Waals surface area (Å²) in [5.74, 6) is -0.292. The van der Waals surface area contributed by atoms with Crippen molar-refractivity contribution in [3.05, 3.63) is 41.6 Å². The Labute approximate surface area is 217 Å². The van der Waals surface area contributed by atoms with Gasteiger partial charge >= 0.3 is 5.97 Å². The lowest BCUT2D eigenvalue weighted by Crippen LogP contribution is -2.71. The highest BCUT2D eigenvalue weighted by molar-refractivity contribution is 8.00. The third kappa shape index (κ3) is 5.37. The molecule has 0 radical (unpaired) electrons. The van der Waals surface area contributed by atoms with Crippen molar-refractivity contribution < 1.29 is 33.7 Å². The van der Waals surface area contributed by atoms with Crippen molar-refractivity contribution >= 4 is 64.0 Å². The second-order valence-electron chi connectivity index (χ2n) is 7.52. The normalized spacial score (nSPS) is 18.8. The number of aliphatic carboxylic acids is 1. The van der Waals surface area contributed by atoms with E-state index < -0.39 is 29.2 Å². The van der Waals surface area contributed by atoms with Crippen molar-refractivity contribution in [3.63, 3.8) is 0 Å². The van der Waals surface area contributed by atoms with Crippen LogP contribution in [-0.2, 0) is 30.6 Å². The number of anilines is 2. The third-order valence-corrected chi connectivity index (χ3v) is 7.05. The lowest BCUT2D eigenvalue weighted by atomic mass is 10.0. The molecule has 2 aromatic heterocycles. The molecular formula is C21H19N8O6S2+. The molecule has 0 aromatic carbocycles. The lowest BCUT2D eigenvalue weighted by Gasteiger charge is -2.49. The minimum Gasteiger partial charge on any atom is -0.477 e. The van der Waals surface area contributed by atoms with Gasteiger partial charge in [-0.25, -0.2) is 4.79 Å². The molecule has 0 saturated carbocycles. The number of terminal acetylenes is 1. The van der Waals surface area contributed by atoms with E-state index >= 15 is 0 Å². The van der Waals surface area contributed by atoms with E-state index in [1.807, 2.05) is 0 Å². The number of carboxylic acids is 1. The predicted molar refractivity (Wildman–Crippen MR) is 132 cm³/mol. The highest BCUT2D eigenvalue weighted by Crippen LogP contribution is 2.40. The van der Waals surface area contributed by atoms with Crippen LogP contribution in [0.2, 0.25) is 0 Å². The largest absolute Gasteiger partial charge is 0.477 e. The van der Waals surface area contributed by atoms with Gasteiger partial charge in [-0.2, -0.15) is 13.9 Å². The Kier molecular flexibility index (Phi) is 7.65. The first-order valence-corrected chi connectivity index (χ1v) is 12.3. The number of fused-ring (bicyclic) bond motifs is 1. The molecule has 16 heteroatoms. The van der Waals surface area contributed by atoms with E-state index in [0.717, 1.165) is 16.4 Å². The molecule has 1 fully saturated rings. The zero-order valence-electron chi connectivity index (χ0n) is 18.9. The Balaban J connectivity index is 1.53. The molecule has 4 heterocycles. The molecule has 2 atom stereocenters. The van der Waals surface area contributed by atoms with Gasteiger partial charge in [-0.15, -0.1) is 18.2 Å². The summed E-state index contributed by atoms with van der Waals surface area (Å²) in [4.78, 5) is 58.8. The number of nitrogens with zero attached hydrogens (tertiary/aromatic N) is 5. The Bertz CT molecular complexity index is 1370. The van der Waals surface area contributed by atoms with Crippen molar-refractivity contribution in [2.45, 2.75) is 18.0 Å². The van der Waals surface area contributed by atoms with Crippen molar-refractivity contribution in [2.24, 2.45) is 5.16 Å². The minimum atomic E-state index is -1.27. The summed E-state index contributed by atoms with van der Waals surface area (Å²) in [6.45, 7) is -0.0382. The smallest absolute Gasteiger partial charge is 0.352 e. The molecule has 2 aliphatic heterocycles. The van der Waals surface area contributed by atoms with Crippen LogP contribution in [0, 0.1) is 12.3 Å². The van der Waals surface area contributed by atoms with Gasteiger partial charge in [0.05, 0.1) is 0 Å². The topological polar surface area (TPSA) is 193 Å². The van der Waals surface area contributed by atoms with E-state index in [1.54, 1.807) is 29.1 Å². The molecule has 1 saturated heterocycles. The quantitative estimate of drug-likeness (QED) is 0.0536. The van der Waals surface area contributed by atoms with Crippen LogP contribution in [0.5, 0.6) is 0 Å². The van der Waals surface area contributed by atoms with Crippen LogP contribution in [0.15, 0.2) is 41.0 Å². The summed E-state index contributed by atoms with van der Waals surface area (Å²) in [6, 6.07) is 2.36. The number of aromatic nitrogens is 3. The number of carbonyl (C=O) groups is 4. The number of amides is 3. The number of hydrogen-bond donors (Lipinski definition) is 4. The predicted octanol–water partition coefficient (Wildman–Crippen LogP) is -1.23. The minimum absolute atomic E-state index is 0.0929. The Morgan fingerprint density at radius 1 is 1.49 bits per heavy atom. The summed E-state index contributed by atoms with van der Waals surface area (Å²) in [6.07, 6.45) is 9.02. The number of thioether (sulfide) groups is 1. The molecule has 4 rings (SSSR count). The molecule has 2 aliphatic rings. The van der Waals surface area contributed by atoms with Gasteiger partial charge in [0.15, 0.2) is 30.7 Å². The number of carbonyl (C=O) groups excluding carboxylic acids is 3. The summed E-state index contributed by atoms with van der Waals surface area (Å²) in [5, 5.41) is 18.1. The number of rotatable bonds is 10. The van der Waals surface area contributed by atoms with E-state index in [9.17, 15) is 24.3 Å². The van der Waals surface area contributed by atoms with Crippen LogP contribution in [0.3, 0.4) is 0 Å². The van der Waals surface area contributed by atoms with Crippen molar-refractivity contribution in [3.8, 4) is 12.3 Å². The molecule has 3 amide bonds. The van der Waals surface area contributed by atoms with Crippen LogP contribution < -0.4 is 20.9 Å². The van der Waals surface area contributed by atoms with Crippen LogP contribution in [0.1, 0.15) is 5.82 Å². The van der Waals surface area contributed by atoms with Gasteiger partial charge in [-0.1, -0.05) is 11.1 Å². The van der Waals surface area contributed by atoms with Crippen molar-refractivity contribution in [1.29, 1.82) is 0 Å². The molecule has 2 aromatic rings. The van der Waals surface area contributed by atoms with E-state index in [4.69, 9.17) is 17.0 Å². The first kappa shape index (κ1) is 25.6. The van der Waals surface area contributed by atoms with Crippen LogP contribution in [0.25, 0.3) is 0 Å². The zero-order chi connectivity index (χ0) is 26.5. The highest BCUT2D eigenvalue weighted by Gasteiger charge is 2.54. The van der Waals surface area contributed by atoms with E-state index in [1.165, 1.54) is 11.8 Å². The Morgan fingerprint density at radius 2 is 2.30 bits per heavy atom. The van der Waals surface area contributed by atoms with Gasteiger partial charge in [-0.05, 0) is 6.07 Å². The average molecular weight is 544 g/mol. The molecule has 37 heavy (non-hydrogen) atoms. The first-order valence-electron chi connectivity index (χ1n) is 10.5. The maximum absolute atomic E-state index is 13.0.